The molecule has 0 saturated carbocycles. The molecule has 0 amide bonds. The monoisotopic (exact) mass is 249 g/mol. The predicted octanol–water partition coefficient (Wildman–Crippen LogP) is 1.00. The van der Waals surface area contributed by atoms with Gasteiger partial charge in [0, 0.05) is 0 Å². The maximum absolute atomic E-state index is 10.8. The van der Waals surface area contributed by atoms with Gasteiger partial charge in [-0.25, -0.2) is 0 Å². The first kappa shape index (κ1) is 20.9. The molecule has 0 radical (unpaired) electrons. The average molecular weight is 249 g/mol. The van der Waals surface area contributed by atoms with Crippen LogP contribution < -0.4 is 5.32 Å². The summed E-state index contributed by atoms with van der Waals surface area (Å²) in [5.74, 6) is -5.02. The van der Waals surface area contributed by atoms with Crippen LogP contribution in [-0.2, 0) is 14.4 Å². The van der Waals surface area contributed by atoms with Crippen LogP contribution in [-0.4, -0.2) is 41.0 Å². The molecule has 0 saturated heterocycles. The highest BCUT2D eigenvalue weighted by Crippen LogP contribution is 2.06. The third kappa shape index (κ3) is 8.38. The van der Waals surface area contributed by atoms with Gasteiger partial charge >= 0.3 is 11.9 Å². The van der Waals surface area contributed by atoms with Crippen molar-refractivity contribution in [3.8, 4) is 0 Å². The van der Waals surface area contributed by atoms with Gasteiger partial charge < -0.3 is 15.5 Å². The number of carboxylic acids is 2. The molecule has 0 aliphatic heterocycles. The third-order valence-corrected chi connectivity index (χ3v) is 1.61. The first-order valence-electron chi connectivity index (χ1n) is 5.55. The lowest BCUT2D eigenvalue weighted by atomic mass is 9.96. The van der Waals surface area contributed by atoms with E-state index in [0.29, 0.717) is 0 Å². The van der Waals surface area contributed by atoms with Gasteiger partial charge in [0.15, 0.2) is 0 Å². The van der Waals surface area contributed by atoms with E-state index in [-0.39, 0.29) is 0 Å². The molecule has 3 N–H and O–H groups in total. The van der Waals surface area contributed by atoms with E-state index in [9.17, 15) is 14.4 Å². The van der Waals surface area contributed by atoms with Gasteiger partial charge in [-0.2, -0.15) is 0 Å². The molecule has 0 aromatic carbocycles. The Morgan fingerprint density at radius 2 is 1.29 bits per heavy atom. The summed E-state index contributed by atoms with van der Waals surface area (Å²) in [6.45, 7) is 9.05. The van der Waals surface area contributed by atoms with E-state index in [0.717, 1.165) is 6.92 Å². The van der Waals surface area contributed by atoms with Gasteiger partial charge in [0.05, 0.1) is 0 Å². The molecule has 0 aromatic rings. The Kier molecular flexibility index (Phi) is 15.6. The number of Topliss-reactive ketones (excluding diaryl/α,β-unsaturated/α-hetero) is 1. The number of carbonyl (C=O) groups excluding carboxylic acids is 1. The summed E-state index contributed by atoms with van der Waals surface area (Å²) in [6.07, 6.45) is 0. The number of aliphatic carboxylic acids is 2. The van der Waals surface area contributed by atoms with E-state index in [2.05, 4.69) is 5.32 Å². The molecule has 0 heterocycles. The van der Waals surface area contributed by atoms with Crippen molar-refractivity contribution in [1.82, 2.24) is 5.32 Å². The van der Waals surface area contributed by atoms with Crippen LogP contribution in [0.3, 0.4) is 0 Å². The van der Waals surface area contributed by atoms with Gasteiger partial charge in [-0.15, -0.1) is 0 Å². The summed E-state index contributed by atoms with van der Waals surface area (Å²) in [6, 6.07) is -1.38. The highest BCUT2D eigenvalue weighted by atomic mass is 16.4. The fourth-order valence-electron chi connectivity index (χ4n) is 0.984. The number of rotatable bonds is 5. The smallest absolute Gasteiger partial charge is 0.322 e. The second-order valence-electron chi connectivity index (χ2n) is 2.53. The fourth-order valence-corrected chi connectivity index (χ4v) is 0.984. The quantitative estimate of drug-likeness (QED) is 0.628. The van der Waals surface area contributed by atoms with Crippen molar-refractivity contribution in [2.24, 2.45) is 5.92 Å². The summed E-state index contributed by atoms with van der Waals surface area (Å²) in [5.41, 5.74) is 0. The van der Waals surface area contributed by atoms with Crippen molar-refractivity contribution in [2.75, 3.05) is 7.05 Å². The molecular weight excluding hydrogens is 226 g/mol. The minimum absolute atomic E-state index is 0.686. The highest BCUT2D eigenvalue weighted by molar-refractivity contribution is 6.01. The SMILES string of the molecule is CC.CC.CNC(C(=O)O)C(C(C)=O)C(=O)O. The minimum atomic E-state index is -1.54. The zero-order valence-corrected chi connectivity index (χ0v) is 11.3. The van der Waals surface area contributed by atoms with E-state index in [4.69, 9.17) is 10.2 Å². The number of likely N-dealkylation sites (N-methyl/N-ethyl adjacent to an activating group) is 1. The van der Waals surface area contributed by atoms with Gasteiger partial charge in [-0.1, -0.05) is 27.7 Å². The Bertz CT molecular complexity index is 226. The van der Waals surface area contributed by atoms with Crippen LogP contribution in [0.1, 0.15) is 34.6 Å². The summed E-state index contributed by atoms with van der Waals surface area (Å²) in [7, 11) is 1.29. The lowest BCUT2D eigenvalue weighted by molar-refractivity contribution is -0.154. The molecule has 0 bridgehead atoms. The topological polar surface area (TPSA) is 104 Å². The van der Waals surface area contributed by atoms with Crippen LogP contribution in [0.5, 0.6) is 0 Å². The van der Waals surface area contributed by atoms with E-state index in [1.807, 2.05) is 27.7 Å². The second kappa shape index (κ2) is 12.6. The number of ketones is 1. The zero-order chi connectivity index (χ0) is 14.6. The van der Waals surface area contributed by atoms with Gasteiger partial charge in [0.25, 0.3) is 0 Å². The van der Waals surface area contributed by atoms with Gasteiger partial charge in [-0.05, 0) is 14.0 Å². The molecule has 2 unspecified atom stereocenters. The highest BCUT2D eigenvalue weighted by Gasteiger charge is 2.36. The Labute approximate surface area is 102 Å². The normalized spacial score (nSPS) is 11.9. The molecule has 102 valence electrons. The summed E-state index contributed by atoms with van der Waals surface area (Å²) >= 11 is 0. The van der Waals surface area contributed by atoms with E-state index < -0.39 is 29.7 Å². The average Bonchev–Trinajstić information content (AvgIpc) is 2.29. The molecule has 0 fully saturated rings. The van der Waals surface area contributed by atoms with Gasteiger partial charge in [0.2, 0.25) is 0 Å². The largest absolute Gasteiger partial charge is 0.481 e. The van der Waals surface area contributed by atoms with Crippen molar-refractivity contribution in [3.63, 3.8) is 0 Å². The Morgan fingerprint density at radius 1 is 0.941 bits per heavy atom. The van der Waals surface area contributed by atoms with Gasteiger partial charge in [0.1, 0.15) is 17.7 Å². The van der Waals surface area contributed by atoms with Crippen LogP contribution in [0.25, 0.3) is 0 Å². The van der Waals surface area contributed by atoms with E-state index >= 15 is 0 Å². The number of carboxylic acid groups (broad SMARTS) is 2. The van der Waals surface area contributed by atoms with E-state index in [1.54, 1.807) is 0 Å². The summed E-state index contributed by atoms with van der Waals surface area (Å²) in [4.78, 5) is 31.8. The lowest BCUT2D eigenvalue weighted by Gasteiger charge is -2.16. The van der Waals surface area contributed by atoms with Crippen LogP contribution in [0.15, 0.2) is 0 Å². The van der Waals surface area contributed by atoms with Crippen LogP contribution >= 0.6 is 0 Å². The van der Waals surface area contributed by atoms with Crippen LogP contribution in [0.4, 0.5) is 0 Å². The number of nitrogens with one attached hydrogen (secondary N) is 1. The molecular formula is C11H23NO5. The van der Waals surface area contributed by atoms with Crippen molar-refractivity contribution in [1.29, 1.82) is 0 Å². The van der Waals surface area contributed by atoms with Crippen LogP contribution in [0, 0.1) is 5.92 Å². The van der Waals surface area contributed by atoms with E-state index in [1.165, 1.54) is 7.05 Å². The molecule has 0 rings (SSSR count). The molecule has 2 atom stereocenters. The molecule has 0 spiro atoms. The minimum Gasteiger partial charge on any atom is -0.481 e. The standard InChI is InChI=1S/C7H11NO5.2C2H6/c1-3(9)4(6(10)11)5(8-2)7(12)13;2*1-2/h4-5,8H,1-2H3,(H,10,11)(H,12,13);2*1-2H3. The third-order valence-electron chi connectivity index (χ3n) is 1.61. The lowest BCUT2D eigenvalue weighted by Crippen LogP contribution is -2.47. The molecule has 6 heteroatoms. The predicted molar refractivity (Wildman–Crippen MR) is 65.0 cm³/mol. The Hall–Kier alpha value is -1.43. The van der Waals surface area contributed by atoms with Crippen molar-refractivity contribution in [2.45, 2.75) is 40.7 Å². The molecule has 0 aliphatic rings. The zero-order valence-electron chi connectivity index (χ0n) is 11.3. The number of hydrogen-bond acceptors (Lipinski definition) is 4. The maximum Gasteiger partial charge on any atom is 0.322 e. The second-order valence-corrected chi connectivity index (χ2v) is 2.53. The fraction of sp³-hybridized carbons (Fsp3) is 0.727. The molecule has 0 aliphatic carbocycles. The maximum atomic E-state index is 10.8. The van der Waals surface area contributed by atoms with Crippen molar-refractivity contribution >= 4 is 17.7 Å². The van der Waals surface area contributed by atoms with Gasteiger partial charge in [-0.3, -0.25) is 14.4 Å². The first-order chi connectivity index (χ1) is 7.91. The molecule has 0 aromatic heterocycles. The summed E-state index contributed by atoms with van der Waals surface area (Å²) < 4.78 is 0. The Balaban J connectivity index is -0.000000439. The van der Waals surface area contributed by atoms with Crippen molar-refractivity contribution < 1.29 is 24.6 Å². The number of hydrogen-bond donors (Lipinski definition) is 3. The first-order valence-corrected chi connectivity index (χ1v) is 5.55. The van der Waals surface area contributed by atoms with Crippen LogP contribution in [0.2, 0.25) is 0 Å². The summed E-state index contributed by atoms with van der Waals surface area (Å²) in [5, 5.41) is 19.4. The Morgan fingerprint density at radius 3 is 1.35 bits per heavy atom. The molecule has 17 heavy (non-hydrogen) atoms. The molecule has 6 nitrogen and oxygen atoms in total. The van der Waals surface area contributed by atoms with Crippen molar-refractivity contribution in [3.05, 3.63) is 0 Å². The number of carbonyl (C=O) groups is 3.